The first kappa shape index (κ1) is 13.8. The van der Waals surface area contributed by atoms with Gasteiger partial charge < -0.3 is 5.32 Å². The highest BCUT2D eigenvalue weighted by Gasteiger charge is 2.12. The number of nitrogens with zero attached hydrogens (tertiary/aromatic N) is 1. The van der Waals surface area contributed by atoms with Gasteiger partial charge in [0.05, 0.1) is 5.52 Å². The fourth-order valence-electron chi connectivity index (χ4n) is 1.98. The second kappa shape index (κ2) is 5.57. The van der Waals surface area contributed by atoms with Gasteiger partial charge in [0.2, 0.25) is 0 Å². The van der Waals surface area contributed by atoms with Crippen molar-refractivity contribution in [1.29, 1.82) is 0 Å². The van der Waals surface area contributed by atoms with Gasteiger partial charge in [-0.25, -0.2) is 0 Å². The lowest BCUT2D eigenvalue weighted by molar-refractivity contribution is 0.977. The fraction of sp³-hybridized carbons (Fsp3) is 0.357. The van der Waals surface area contributed by atoms with E-state index in [0.717, 1.165) is 38.5 Å². The van der Waals surface area contributed by atoms with Gasteiger partial charge >= 0.3 is 0 Å². The molecular weight excluding hydrogens is 356 g/mol. The van der Waals surface area contributed by atoms with Crippen LogP contribution in [0.2, 0.25) is 0 Å². The molecule has 1 aromatic heterocycles. The summed E-state index contributed by atoms with van der Waals surface area (Å²) in [7, 11) is 0. The fourth-order valence-corrected chi connectivity index (χ4v) is 3.30. The molecule has 0 bridgehead atoms. The number of hydrogen-bond acceptors (Lipinski definition) is 2. The molecule has 2 aromatic rings. The molecule has 1 N–H and O–H groups in total. The molecule has 0 amide bonds. The number of aromatic nitrogens is 1. The first-order chi connectivity index (χ1) is 8.54. The number of pyridine rings is 1. The molecule has 0 unspecified atom stereocenters. The van der Waals surface area contributed by atoms with E-state index in [-0.39, 0.29) is 0 Å². The maximum Gasteiger partial charge on any atom is 0.0868 e. The molecule has 0 aliphatic carbocycles. The van der Waals surface area contributed by atoms with E-state index in [1.807, 2.05) is 6.07 Å². The van der Waals surface area contributed by atoms with Crippen molar-refractivity contribution in [3.63, 3.8) is 0 Å². The number of benzene rings is 1. The van der Waals surface area contributed by atoms with E-state index in [1.165, 1.54) is 11.3 Å². The molecule has 4 heteroatoms. The molecule has 0 spiro atoms. The SMILES string of the molecule is CCCNc1c(C)c(C)nc2c(Br)cc(Br)cc12. The molecule has 0 aliphatic heterocycles. The first-order valence-corrected chi connectivity index (χ1v) is 7.63. The quantitative estimate of drug-likeness (QED) is 0.802. The number of rotatable bonds is 3. The van der Waals surface area contributed by atoms with E-state index in [0.29, 0.717) is 0 Å². The number of aryl methyl sites for hydroxylation is 1. The Morgan fingerprint density at radius 2 is 1.94 bits per heavy atom. The summed E-state index contributed by atoms with van der Waals surface area (Å²) in [6, 6.07) is 4.16. The number of hydrogen-bond donors (Lipinski definition) is 1. The molecule has 0 radical (unpaired) electrons. The third-order valence-electron chi connectivity index (χ3n) is 3.05. The second-order valence-corrected chi connectivity index (χ2v) is 6.18. The first-order valence-electron chi connectivity index (χ1n) is 6.04. The monoisotopic (exact) mass is 370 g/mol. The van der Waals surface area contributed by atoms with E-state index in [4.69, 9.17) is 0 Å². The normalized spacial score (nSPS) is 10.9. The minimum Gasteiger partial charge on any atom is -0.384 e. The van der Waals surface area contributed by atoms with E-state index >= 15 is 0 Å². The van der Waals surface area contributed by atoms with Crippen molar-refractivity contribution in [3.05, 3.63) is 32.3 Å². The van der Waals surface area contributed by atoms with Crippen LogP contribution in [0.25, 0.3) is 10.9 Å². The zero-order valence-corrected chi connectivity index (χ0v) is 13.9. The van der Waals surface area contributed by atoms with Gasteiger partial charge in [0.1, 0.15) is 0 Å². The molecule has 0 aliphatic rings. The van der Waals surface area contributed by atoms with Crippen LogP contribution in [0.4, 0.5) is 5.69 Å². The van der Waals surface area contributed by atoms with Crippen molar-refractivity contribution in [2.24, 2.45) is 0 Å². The summed E-state index contributed by atoms with van der Waals surface area (Å²) < 4.78 is 2.08. The summed E-state index contributed by atoms with van der Waals surface area (Å²) in [6.45, 7) is 7.32. The molecule has 1 aromatic carbocycles. The lowest BCUT2D eigenvalue weighted by Gasteiger charge is -2.15. The van der Waals surface area contributed by atoms with E-state index in [1.54, 1.807) is 0 Å². The van der Waals surface area contributed by atoms with Gasteiger partial charge in [-0.05, 0) is 53.9 Å². The zero-order chi connectivity index (χ0) is 13.3. The minimum absolute atomic E-state index is 0.976. The average Bonchev–Trinajstić information content (AvgIpc) is 2.31. The van der Waals surface area contributed by atoms with Crippen molar-refractivity contribution in [2.45, 2.75) is 27.2 Å². The van der Waals surface area contributed by atoms with Crippen molar-refractivity contribution in [2.75, 3.05) is 11.9 Å². The van der Waals surface area contributed by atoms with Crippen LogP contribution in [0, 0.1) is 13.8 Å². The Kier molecular flexibility index (Phi) is 4.28. The Morgan fingerprint density at radius 1 is 1.22 bits per heavy atom. The lowest BCUT2D eigenvalue weighted by atomic mass is 10.1. The molecule has 0 saturated carbocycles. The minimum atomic E-state index is 0.976. The van der Waals surface area contributed by atoms with Crippen molar-refractivity contribution in [3.8, 4) is 0 Å². The summed E-state index contributed by atoms with van der Waals surface area (Å²) in [4.78, 5) is 4.68. The third kappa shape index (κ3) is 2.54. The van der Waals surface area contributed by atoms with Crippen LogP contribution in [-0.4, -0.2) is 11.5 Å². The van der Waals surface area contributed by atoms with Crippen LogP contribution in [0.15, 0.2) is 21.1 Å². The Morgan fingerprint density at radius 3 is 2.61 bits per heavy atom. The molecule has 0 atom stereocenters. The Labute approximate surface area is 124 Å². The van der Waals surface area contributed by atoms with Gasteiger partial charge in [0, 0.05) is 32.3 Å². The smallest absolute Gasteiger partial charge is 0.0868 e. The van der Waals surface area contributed by atoms with Gasteiger partial charge in [-0.2, -0.15) is 0 Å². The highest BCUT2D eigenvalue weighted by Crippen LogP contribution is 2.34. The lowest BCUT2D eigenvalue weighted by Crippen LogP contribution is -2.05. The molecule has 2 rings (SSSR count). The largest absolute Gasteiger partial charge is 0.384 e. The van der Waals surface area contributed by atoms with Crippen molar-refractivity contribution in [1.82, 2.24) is 4.98 Å². The molecule has 0 fully saturated rings. The maximum atomic E-state index is 4.68. The predicted octanol–water partition coefficient (Wildman–Crippen LogP) is 5.20. The molecule has 18 heavy (non-hydrogen) atoms. The van der Waals surface area contributed by atoms with Crippen molar-refractivity contribution >= 4 is 48.5 Å². The highest BCUT2D eigenvalue weighted by molar-refractivity contribution is 9.11. The number of fused-ring (bicyclic) bond motifs is 1. The number of halogens is 2. The molecule has 2 nitrogen and oxygen atoms in total. The maximum absolute atomic E-state index is 4.68. The molecule has 0 saturated heterocycles. The second-order valence-electron chi connectivity index (χ2n) is 4.41. The Hall–Kier alpha value is -0.610. The highest BCUT2D eigenvalue weighted by atomic mass is 79.9. The molecular formula is C14H16Br2N2. The zero-order valence-electron chi connectivity index (χ0n) is 10.8. The van der Waals surface area contributed by atoms with Crippen LogP contribution >= 0.6 is 31.9 Å². The van der Waals surface area contributed by atoms with Crippen LogP contribution in [0.3, 0.4) is 0 Å². The van der Waals surface area contributed by atoms with Gasteiger partial charge in [0.15, 0.2) is 0 Å². The van der Waals surface area contributed by atoms with Gasteiger partial charge in [-0.1, -0.05) is 22.9 Å². The Balaban J connectivity index is 2.74. The third-order valence-corrected chi connectivity index (χ3v) is 4.11. The van der Waals surface area contributed by atoms with Gasteiger partial charge in [-0.15, -0.1) is 0 Å². The molecule has 1 heterocycles. The summed E-state index contributed by atoms with van der Waals surface area (Å²) >= 11 is 7.13. The summed E-state index contributed by atoms with van der Waals surface area (Å²) in [5, 5.41) is 4.68. The van der Waals surface area contributed by atoms with E-state index < -0.39 is 0 Å². The Bertz CT molecular complexity index is 594. The summed E-state index contributed by atoms with van der Waals surface area (Å²) in [5.41, 5.74) is 4.51. The topological polar surface area (TPSA) is 24.9 Å². The number of anilines is 1. The number of nitrogens with one attached hydrogen (secondary N) is 1. The van der Waals surface area contributed by atoms with Crippen molar-refractivity contribution < 1.29 is 0 Å². The van der Waals surface area contributed by atoms with Crippen LogP contribution < -0.4 is 5.32 Å². The molecule has 96 valence electrons. The van der Waals surface area contributed by atoms with E-state index in [9.17, 15) is 0 Å². The summed E-state index contributed by atoms with van der Waals surface area (Å²) in [6.07, 6.45) is 1.11. The van der Waals surface area contributed by atoms with Crippen LogP contribution in [-0.2, 0) is 0 Å². The van der Waals surface area contributed by atoms with E-state index in [2.05, 4.69) is 69.0 Å². The average molecular weight is 372 g/mol. The van der Waals surface area contributed by atoms with Gasteiger partial charge in [-0.3, -0.25) is 4.98 Å². The standard InChI is InChI=1S/C14H16Br2N2/c1-4-5-17-13-8(2)9(3)18-14-11(13)6-10(15)7-12(14)16/h6-7H,4-5H2,1-3H3,(H,17,18). The summed E-state index contributed by atoms with van der Waals surface area (Å²) in [5.74, 6) is 0. The predicted molar refractivity (Wildman–Crippen MR) is 85.4 cm³/mol. The van der Waals surface area contributed by atoms with Crippen LogP contribution in [0.1, 0.15) is 24.6 Å². The van der Waals surface area contributed by atoms with Crippen LogP contribution in [0.5, 0.6) is 0 Å². The van der Waals surface area contributed by atoms with Gasteiger partial charge in [0.25, 0.3) is 0 Å².